The van der Waals surface area contributed by atoms with Gasteiger partial charge in [-0.1, -0.05) is 18.2 Å². The molecule has 0 aromatic heterocycles. The number of nitrogens with one attached hydrogen (secondary N) is 1. The van der Waals surface area contributed by atoms with Crippen molar-refractivity contribution in [2.45, 2.75) is 32.9 Å². The molecule has 2 rings (SSSR count). The van der Waals surface area contributed by atoms with Crippen molar-refractivity contribution in [2.75, 3.05) is 0 Å². The number of hydrogen-bond donors (Lipinski definition) is 1. The number of carbonyl (C=O) groups is 1. The zero-order valence-corrected chi connectivity index (χ0v) is 16.7. The number of rotatable bonds is 8. The molecule has 0 aliphatic carbocycles. The third-order valence-electron chi connectivity index (χ3n) is 3.36. The average molecular weight is 454 g/mol. The van der Waals surface area contributed by atoms with Crippen molar-refractivity contribution < 1.29 is 46.5 Å². The number of esters is 1. The molecule has 0 unspecified atom stereocenters. The summed E-state index contributed by atoms with van der Waals surface area (Å²) in [5.41, 5.74) is 0. The number of carbonyl (C=O) groups excluding carboxylic acids is 1. The van der Waals surface area contributed by atoms with Gasteiger partial charge in [-0.15, -0.1) is 0 Å². The van der Waals surface area contributed by atoms with E-state index in [2.05, 4.69) is 4.52 Å². The van der Waals surface area contributed by atoms with Crippen molar-refractivity contribution in [3.8, 4) is 11.5 Å². The van der Waals surface area contributed by atoms with Gasteiger partial charge in [0, 0.05) is 0 Å². The van der Waals surface area contributed by atoms with Crippen LogP contribution in [0.5, 0.6) is 11.5 Å². The maximum atomic E-state index is 14.0. The highest BCUT2D eigenvalue weighted by molar-refractivity contribution is 7.52. The Kier molecular flexibility index (Phi) is 6.94. The molecule has 0 radical (unpaired) electrons. The molecule has 0 heterocycles. The summed E-state index contributed by atoms with van der Waals surface area (Å²) in [6, 6.07) is 5.38. The van der Waals surface area contributed by atoms with Crippen LogP contribution in [-0.4, -0.2) is 18.1 Å². The fourth-order valence-electron chi connectivity index (χ4n) is 2.06. The van der Waals surface area contributed by atoms with Gasteiger partial charge in [0.25, 0.3) is 0 Å². The summed E-state index contributed by atoms with van der Waals surface area (Å²) in [4.78, 5) is 12.1. The minimum Gasteiger partial charge on any atom is -0.462 e. The summed E-state index contributed by atoms with van der Waals surface area (Å²) >= 11 is 0. The van der Waals surface area contributed by atoms with Gasteiger partial charge in [-0.2, -0.15) is 13.9 Å². The predicted molar refractivity (Wildman–Crippen MR) is 95.4 cm³/mol. The molecule has 164 valence electrons. The molecule has 2 atom stereocenters. The van der Waals surface area contributed by atoms with E-state index in [9.17, 15) is 31.3 Å². The molecule has 30 heavy (non-hydrogen) atoms. The summed E-state index contributed by atoms with van der Waals surface area (Å²) in [5.74, 6) is -15.1. The molecule has 1 N–H and O–H groups in total. The fraction of sp³-hybridized carbons (Fsp3) is 0.278. The summed E-state index contributed by atoms with van der Waals surface area (Å²) in [6.45, 7) is 3.54. The molecule has 0 spiro atoms. The second-order valence-corrected chi connectivity index (χ2v) is 7.69. The van der Waals surface area contributed by atoms with Gasteiger partial charge in [0.2, 0.25) is 34.8 Å². The van der Waals surface area contributed by atoms with Crippen LogP contribution in [0.2, 0.25) is 0 Å². The molecule has 0 saturated heterocycles. The number of hydrogen-bond acceptors (Lipinski definition) is 5. The molecular weight excluding hydrogens is 436 g/mol. The van der Waals surface area contributed by atoms with Crippen molar-refractivity contribution in [3.63, 3.8) is 0 Å². The second kappa shape index (κ2) is 9.44. The Balaban J connectivity index is 2.44. The van der Waals surface area contributed by atoms with E-state index in [0.717, 1.165) is 6.92 Å². The van der Waals surface area contributed by atoms with Crippen LogP contribution in [0.15, 0.2) is 30.3 Å². The van der Waals surface area contributed by atoms with E-state index in [-0.39, 0.29) is 5.75 Å². The summed E-state index contributed by atoms with van der Waals surface area (Å²) in [5, 5.41) is 2.00. The SMILES string of the molecule is [2H]C(C)(C)OC(=O)[C@@H](C)N[P@@](=O)(Oc1ccccc1)Oc1c(F)c(F)c(F)c(F)c1F. The van der Waals surface area contributed by atoms with Crippen LogP contribution in [-0.2, 0) is 14.1 Å². The lowest BCUT2D eigenvalue weighted by atomic mass is 10.3. The van der Waals surface area contributed by atoms with Crippen molar-refractivity contribution in [2.24, 2.45) is 0 Å². The Hall–Kier alpha value is -2.65. The van der Waals surface area contributed by atoms with Gasteiger partial charge < -0.3 is 13.8 Å². The van der Waals surface area contributed by atoms with E-state index < -0.39 is 60.7 Å². The van der Waals surface area contributed by atoms with Gasteiger partial charge in [-0.25, -0.2) is 17.7 Å². The second-order valence-electron chi connectivity index (χ2n) is 6.07. The first-order valence-electron chi connectivity index (χ1n) is 8.80. The standard InChI is InChI=1S/C18H17F5NO5P/c1-9(2)27-18(25)10(3)24-30(26,28-11-7-5-4-6-8-11)29-17-15(22)13(20)12(19)14(21)16(17)23/h4-10H,1-3H3,(H,24,26)/t10-,30-/m1/s1/i9D. The zero-order chi connectivity index (χ0) is 23.6. The minimum atomic E-state index is -5.00. The number of halogens is 5. The van der Waals surface area contributed by atoms with Crippen molar-refractivity contribution in [3.05, 3.63) is 59.4 Å². The Morgan fingerprint density at radius 1 is 0.933 bits per heavy atom. The van der Waals surface area contributed by atoms with Gasteiger partial charge in [0.1, 0.15) is 11.8 Å². The Bertz CT molecular complexity index is 990. The first kappa shape index (κ1) is 22.0. The summed E-state index contributed by atoms with van der Waals surface area (Å²) in [6.07, 6.45) is -1.68. The highest BCUT2D eigenvalue weighted by Crippen LogP contribution is 2.47. The molecule has 2 aromatic rings. The van der Waals surface area contributed by atoms with Crippen LogP contribution in [0.3, 0.4) is 0 Å². The third-order valence-corrected chi connectivity index (χ3v) is 4.94. The van der Waals surface area contributed by atoms with E-state index in [0.29, 0.717) is 0 Å². The minimum absolute atomic E-state index is 0.177. The van der Waals surface area contributed by atoms with E-state index >= 15 is 0 Å². The molecule has 12 heteroatoms. The third kappa shape index (κ3) is 5.48. The molecule has 6 nitrogen and oxygen atoms in total. The lowest BCUT2D eigenvalue weighted by Gasteiger charge is -2.24. The molecule has 0 aliphatic heterocycles. The number of benzene rings is 2. The molecule has 0 amide bonds. The van der Waals surface area contributed by atoms with Crippen molar-refractivity contribution in [1.82, 2.24) is 5.09 Å². The lowest BCUT2D eigenvalue weighted by molar-refractivity contribution is -0.149. The van der Waals surface area contributed by atoms with E-state index in [4.69, 9.17) is 10.6 Å². The first-order chi connectivity index (χ1) is 14.2. The lowest BCUT2D eigenvalue weighted by Crippen LogP contribution is -2.37. The normalized spacial score (nSPS) is 15.0. The largest absolute Gasteiger partial charge is 0.513 e. The van der Waals surface area contributed by atoms with Gasteiger partial charge in [0.15, 0.2) is 0 Å². The number of para-hydroxylation sites is 1. The van der Waals surface area contributed by atoms with Crippen LogP contribution >= 0.6 is 7.75 Å². The Labute approximate surface area is 169 Å². The van der Waals surface area contributed by atoms with Crippen molar-refractivity contribution >= 4 is 13.7 Å². The monoisotopic (exact) mass is 454 g/mol. The van der Waals surface area contributed by atoms with Crippen molar-refractivity contribution in [1.29, 1.82) is 0 Å². The van der Waals surface area contributed by atoms with Crippen LogP contribution in [0, 0.1) is 29.1 Å². The number of ether oxygens (including phenoxy) is 1. The average Bonchev–Trinajstić information content (AvgIpc) is 2.67. The van der Waals surface area contributed by atoms with E-state index in [1.165, 1.54) is 38.1 Å². The predicted octanol–water partition coefficient (Wildman–Crippen LogP) is 4.88. The maximum Gasteiger partial charge on any atom is 0.513 e. The maximum absolute atomic E-state index is 14.0. The Morgan fingerprint density at radius 3 is 1.93 bits per heavy atom. The molecular formula is C18H17F5NO5P. The summed E-state index contributed by atoms with van der Waals surface area (Å²) in [7, 11) is -5.00. The van der Waals surface area contributed by atoms with Crippen LogP contribution < -0.4 is 14.1 Å². The quantitative estimate of drug-likeness (QED) is 0.202. The zero-order valence-electron chi connectivity index (χ0n) is 16.8. The molecule has 2 aromatic carbocycles. The van der Waals surface area contributed by atoms with E-state index in [1.807, 2.05) is 5.09 Å². The van der Waals surface area contributed by atoms with Crippen LogP contribution in [0.1, 0.15) is 22.1 Å². The van der Waals surface area contributed by atoms with E-state index in [1.54, 1.807) is 6.07 Å². The smallest absolute Gasteiger partial charge is 0.462 e. The highest BCUT2D eigenvalue weighted by Gasteiger charge is 2.38. The van der Waals surface area contributed by atoms with Gasteiger partial charge in [0.05, 0.1) is 7.45 Å². The highest BCUT2D eigenvalue weighted by atomic mass is 31.2. The fourth-order valence-corrected chi connectivity index (χ4v) is 3.58. The molecule has 0 aliphatic rings. The Morgan fingerprint density at radius 2 is 1.43 bits per heavy atom. The topological polar surface area (TPSA) is 73.9 Å². The van der Waals surface area contributed by atoms with Crippen LogP contribution in [0.4, 0.5) is 22.0 Å². The summed E-state index contributed by atoms with van der Waals surface area (Å²) < 4.78 is 103. The molecule has 0 saturated carbocycles. The van der Waals surface area contributed by atoms with Gasteiger partial charge in [-0.05, 0) is 32.9 Å². The van der Waals surface area contributed by atoms with Gasteiger partial charge >= 0.3 is 13.7 Å². The van der Waals surface area contributed by atoms with Gasteiger partial charge in [-0.3, -0.25) is 4.79 Å². The molecule has 0 bridgehead atoms. The van der Waals surface area contributed by atoms with Crippen LogP contribution in [0.25, 0.3) is 0 Å². The molecule has 0 fully saturated rings. The first-order valence-corrected chi connectivity index (χ1v) is 9.84.